The number of hydrogen-bond donors (Lipinski definition) is 1. The molecule has 21 heavy (non-hydrogen) atoms. The Labute approximate surface area is 122 Å². The lowest BCUT2D eigenvalue weighted by Crippen LogP contribution is -2.02. The molecular weight excluding hydrogens is 265 g/mol. The Bertz CT molecular complexity index is 840. The van der Waals surface area contributed by atoms with Crippen LogP contribution in [0, 0.1) is 17.7 Å². The molecule has 0 amide bonds. The van der Waals surface area contributed by atoms with Gasteiger partial charge in [0.25, 0.3) is 0 Å². The minimum atomic E-state index is -0.301. The molecule has 3 rings (SSSR count). The summed E-state index contributed by atoms with van der Waals surface area (Å²) in [6, 6.07) is 12.7. The van der Waals surface area contributed by atoms with Crippen molar-refractivity contribution in [3.05, 3.63) is 65.6 Å². The average Bonchev–Trinajstić information content (AvgIpc) is 2.88. The molecule has 104 valence electrons. The molecule has 0 aliphatic heterocycles. The van der Waals surface area contributed by atoms with Crippen LogP contribution in [-0.4, -0.2) is 16.3 Å². The molecule has 4 heteroatoms. The largest absolute Gasteiger partial charge is 0.320 e. The molecule has 3 aromatic rings. The van der Waals surface area contributed by atoms with Crippen molar-refractivity contribution in [2.45, 2.75) is 6.54 Å². The summed E-state index contributed by atoms with van der Waals surface area (Å²) in [4.78, 5) is 0. The number of para-hydroxylation sites is 1. The molecule has 0 bridgehead atoms. The highest BCUT2D eigenvalue weighted by molar-refractivity contribution is 5.78. The lowest BCUT2D eigenvalue weighted by Gasteiger charge is -2.05. The van der Waals surface area contributed by atoms with Crippen molar-refractivity contribution >= 4 is 10.9 Å². The topological polar surface area (TPSA) is 43.8 Å². The van der Waals surface area contributed by atoms with Gasteiger partial charge in [-0.15, -0.1) is 0 Å². The second-order valence-electron chi connectivity index (χ2n) is 4.72. The minimum Gasteiger partial charge on any atom is -0.320 e. The molecule has 1 heterocycles. The third-order valence-corrected chi connectivity index (χ3v) is 3.18. The van der Waals surface area contributed by atoms with Crippen molar-refractivity contribution in [2.24, 2.45) is 5.73 Å². The van der Waals surface area contributed by atoms with Crippen LogP contribution < -0.4 is 5.73 Å². The first kappa shape index (κ1) is 13.3. The zero-order valence-corrected chi connectivity index (χ0v) is 11.4. The van der Waals surface area contributed by atoms with E-state index in [0.29, 0.717) is 12.1 Å². The number of fused-ring (bicyclic) bond motifs is 1. The van der Waals surface area contributed by atoms with E-state index in [1.54, 1.807) is 0 Å². The summed E-state index contributed by atoms with van der Waals surface area (Å²) in [6.45, 7) is 0.762. The highest BCUT2D eigenvalue weighted by atomic mass is 19.1. The number of nitrogens with zero attached hydrogens (tertiary/aromatic N) is 2. The predicted octanol–water partition coefficient (Wildman–Crippen LogP) is 2.53. The summed E-state index contributed by atoms with van der Waals surface area (Å²) >= 11 is 0. The molecule has 2 aromatic carbocycles. The second kappa shape index (κ2) is 5.78. The standard InChI is InChI=1S/C17H14FN3/c18-16-9-13(4-3-7-19)8-14(10-16)12-21-17-6-2-1-5-15(17)11-20-21/h1-2,5-6,8-11H,7,12,19H2. The zero-order valence-electron chi connectivity index (χ0n) is 11.4. The number of benzene rings is 2. The number of halogens is 1. The van der Waals surface area contributed by atoms with Crippen molar-refractivity contribution in [2.75, 3.05) is 6.54 Å². The zero-order chi connectivity index (χ0) is 14.7. The van der Waals surface area contributed by atoms with E-state index < -0.39 is 0 Å². The van der Waals surface area contributed by atoms with E-state index in [9.17, 15) is 4.39 Å². The van der Waals surface area contributed by atoms with E-state index in [0.717, 1.165) is 16.5 Å². The Morgan fingerprint density at radius 1 is 1.19 bits per heavy atom. The molecule has 0 spiro atoms. The van der Waals surface area contributed by atoms with Crippen LogP contribution in [-0.2, 0) is 6.54 Å². The Kier molecular flexibility index (Phi) is 3.67. The smallest absolute Gasteiger partial charge is 0.124 e. The minimum absolute atomic E-state index is 0.260. The average molecular weight is 279 g/mol. The van der Waals surface area contributed by atoms with Gasteiger partial charge in [-0.3, -0.25) is 4.68 Å². The molecule has 0 atom stereocenters. The third kappa shape index (κ3) is 2.93. The van der Waals surface area contributed by atoms with E-state index in [1.807, 2.05) is 41.2 Å². The summed E-state index contributed by atoms with van der Waals surface area (Å²) in [5.74, 6) is 5.29. The maximum Gasteiger partial charge on any atom is 0.124 e. The summed E-state index contributed by atoms with van der Waals surface area (Å²) in [5.41, 5.74) is 7.82. The molecule has 0 aliphatic carbocycles. The van der Waals surface area contributed by atoms with Crippen molar-refractivity contribution in [3.63, 3.8) is 0 Å². The summed E-state index contributed by atoms with van der Waals surface area (Å²) < 4.78 is 15.5. The van der Waals surface area contributed by atoms with Gasteiger partial charge in [0.15, 0.2) is 0 Å². The van der Waals surface area contributed by atoms with Gasteiger partial charge in [0, 0.05) is 10.9 Å². The number of aromatic nitrogens is 2. The molecule has 0 unspecified atom stereocenters. The fourth-order valence-corrected chi connectivity index (χ4v) is 2.29. The van der Waals surface area contributed by atoms with Crippen LogP contribution in [0.3, 0.4) is 0 Å². The van der Waals surface area contributed by atoms with E-state index in [2.05, 4.69) is 16.9 Å². The molecular formula is C17H14FN3. The maximum atomic E-state index is 13.7. The van der Waals surface area contributed by atoms with Crippen molar-refractivity contribution in [1.29, 1.82) is 0 Å². The van der Waals surface area contributed by atoms with Gasteiger partial charge in [-0.2, -0.15) is 5.10 Å². The van der Waals surface area contributed by atoms with Crippen LogP contribution >= 0.6 is 0 Å². The Morgan fingerprint density at radius 2 is 2.05 bits per heavy atom. The van der Waals surface area contributed by atoms with E-state index in [1.165, 1.54) is 12.1 Å². The highest BCUT2D eigenvalue weighted by Gasteiger charge is 2.05. The van der Waals surface area contributed by atoms with Gasteiger partial charge < -0.3 is 5.73 Å². The SMILES string of the molecule is NCC#Cc1cc(F)cc(Cn2ncc3ccccc32)c1. The third-order valence-electron chi connectivity index (χ3n) is 3.18. The molecule has 0 radical (unpaired) electrons. The first-order valence-corrected chi connectivity index (χ1v) is 6.65. The van der Waals surface area contributed by atoms with Crippen molar-refractivity contribution < 1.29 is 4.39 Å². The highest BCUT2D eigenvalue weighted by Crippen LogP contribution is 2.16. The summed E-state index contributed by atoms with van der Waals surface area (Å²) in [7, 11) is 0. The van der Waals surface area contributed by atoms with Crippen molar-refractivity contribution in [3.8, 4) is 11.8 Å². The fraction of sp³-hybridized carbons (Fsp3) is 0.118. The van der Waals surface area contributed by atoms with Gasteiger partial charge in [0.05, 0.1) is 24.8 Å². The van der Waals surface area contributed by atoms with Crippen LogP contribution in [0.4, 0.5) is 4.39 Å². The van der Waals surface area contributed by atoms with Crippen LogP contribution in [0.1, 0.15) is 11.1 Å². The van der Waals surface area contributed by atoms with Gasteiger partial charge in [0.1, 0.15) is 5.82 Å². The number of hydrogen-bond acceptors (Lipinski definition) is 2. The second-order valence-corrected chi connectivity index (χ2v) is 4.72. The number of rotatable bonds is 2. The maximum absolute atomic E-state index is 13.7. The molecule has 0 saturated carbocycles. The summed E-state index contributed by atoms with van der Waals surface area (Å²) in [5, 5.41) is 5.42. The van der Waals surface area contributed by atoms with Crippen molar-refractivity contribution in [1.82, 2.24) is 9.78 Å². The van der Waals surface area contributed by atoms with E-state index in [-0.39, 0.29) is 12.4 Å². The molecule has 0 fully saturated rings. The van der Waals surface area contributed by atoms with Gasteiger partial charge in [-0.25, -0.2) is 4.39 Å². The monoisotopic (exact) mass is 279 g/mol. The fourth-order valence-electron chi connectivity index (χ4n) is 2.29. The molecule has 0 saturated heterocycles. The normalized spacial score (nSPS) is 10.4. The number of nitrogens with two attached hydrogens (primary N) is 1. The van der Waals surface area contributed by atoms with Gasteiger partial charge in [0.2, 0.25) is 0 Å². The lowest BCUT2D eigenvalue weighted by molar-refractivity contribution is 0.620. The Morgan fingerprint density at radius 3 is 2.90 bits per heavy atom. The van der Waals surface area contributed by atoms with Crippen LogP contribution in [0.5, 0.6) is 0 Å². The first-order chi connectivity index (χ1) is 10.3. The van der Waals surface area contributed by atoms with Gasteiger partial charge >= 0.3 is 0 Å². The van der Waals surface area contributed by atoms with E-state index in [4.69, 9.17) is 5.73 Å². The van der Waals surface area contributed by atoms with Crippen LogP contribution in [0.15, 0.2) is 48.7 Å². The molecule has 2 N–H and O–H groups in total. The van der Waals surface area contributed by atoms with Gasteiger partial charge in [-0.05, 0) is 29.8 Å². The first-order valence-electron chi connectivity index (χ1n) is 6.65. The molecule has 3 nitrogen and oxygen atoms in total. The Hall–Kier alpha value is -2.64. The summed E-state index contributed by atoms with van der Waals surface area (Å²) in [6.07, 6.45) is 1.81. The predicted molar refractivity (Wildman–Crippen MR) is 81.2 cm³/mol. The quantitative estimate of drug-likeness (QED) is 0.733. The van der Waals surface area contributed by atoms with Gasteiger partial charge in [-0.1, -0.05) is 30.0 Å². The lowest BCUT2D eigenvalue weighted by atomic mass is 10.1. The molecule has 0 aliphatic rings. The molecule has 1 aromatic heterocycles. The van der Waals surface area contributed by atoms with Crippen LogP contribution in [0.25, 0.3) is 10.9 Å². The Balaban J connectivity index is 1.96. The van der Waals surface area contributed by atoms with Crippen LogP contribution in [0.2, 0.25) is 0 Å². The van der Waals surface area contributed by atoms with E-state index >= 15 is 0 Å².